The fourth-order valence-electron chi connectivity index (χ4n) is 2.76. The number of nitrogens with one attached hydrogen (secondary N) is 1. The van der Waals surface area contributed by atoms with Crippen molar-refractivity contribution in [3.05, 3.63) is 50.7 Å². The third-order valence-corrected chi connectivity index (χ3v) is 7.51. The second kappa shape index (κ2) is 7.45. The van der Waals surface area contributed by atoms with Crippen molar-refractivity contribution >= 4 is 38.9 Å². The summed E-state index contributed by atoms with van der Waals surface area (Å²) < 4.78 is 26.8. The SMILES string of the molecule is Cc1ccsc1CNC(=O)c1cc(S(=O)(=O)N2CCCC2)ccc1Cl. The molecule has 1 aliphatic heterocycles. The van der Waals surface area contributed by atoms with Crippen molar-refractivity contribution in [3.8, 4) is 0 Å². The molecule has 1 aromatic carbocycles. The number of thiophene rings is 1. The Bertz CT molecular complexity index is 887. The van der Waals surface area contributed by atoms with Crippen molar-refractivity contribution < 1.29 is 13.2 Å². The molecule has 2 aromatic rings. The molecule has 1 amide bonds. The maximum absolute atomic E-state index is 12.7. The lowest BCUT2D eigenvalue weighted by Gasteiger charge is -2.16. The van der Waals surface area contributed by atoms with Crippen LogP contribution >= 0.6 is 22.9 Å². The van der Waals surface area contributed by atoms with E-state index >= 15 is 0 Å². The van der Waals surface area contributed by atoms with E-state index in [0.29, 0.717) is 19.6 Å². The van der Waals surface area contributed by atoms with E-state index < -0.39 is 10.0 Å². The summed E-state index contributed by atoms with van der Waals surface area (Å²) >= 11 is 7.69. The van der Waals surface area contributed by atoms with Crippen molar-refractivity contribution in [3.63, 3.8) is 0 Å². The monoisotopic (exact) mass is 398 g/mol. The number of hydrogen-bond acceptors (Lipinski definition) is 4. The number of carbonyl (C=O) groups excluding carboxylic acids is 1. The summed E-state index contributed by atoms with van der Waals surface area (Å²) in [7, 11) is -3.58. The van der Waals surface area contributed by atoms with Crippen molar-refractivity contribution in [1.29, 1.82) is 0 Å². The predicted octanol–water partition coefficient (Wildman–Crippen LogP) is 3.42. The van der Waals surface area contributed by atoms with Crippen LogP contribution < -0.4 is 5.32 Å². The van der Waals surface area contributed by atoms with Crippen LogP contribution in [0.3, 0.4) is 0 Å². The maximum Gasteiger partial charge on any atom is 0.253 e. The van der Waals surface area contributed by atoms with Crippen molar-refractivity contribution in [1.82, 2.24) is 9.62 Å². The van der Waals surface area contributed by atoms with Gasteiger partial charge in [-0.3, -0.25) is 4.79 Å². The molecule has 0 bridgehead atoms. The van der Waals surface area contributed by atoms with Crippen LogP contribution in [0, 0.1) is 6.92 Å². The molecule has 3 rings (SSSR count). The molecule has 25 heavy (non-hydrogen) atoms. The lowest BCUT2D eigenvalue weighted by Crippen LogP contribution is -2.28. The Morgan fingerprint density at radius 3 is 2.64 bits per heavy atom. The Balaban J connectivity index is 1.81. The summed E-state index contributed by atoms with van der Waals surface area (Å²) in [6, 6.07) is 6.28. The van der Waals surface area contributed by atoms with Gasteiger partial charge in [0, 0.05) is 18.0 Å². The van der Waals surface area contributed by atoms with E-state index in [2.05, 4.69) is 5.32 Å². The Morgan fingerprint density at radius 2 is 2.00 bits per heavy atom. The van der Waals surface area contributed by atoms with Crippen LogP contribution in [-0.2, 0) is 16.6 Å². The first kappa shape index (κ1) is 18.4. The number of benzene rings is 1. The molecule has 0 radical (unpaired) electrons. The normalized spacial score (nSPS) is 15.4. The molecule has 134 valence electrons. The quantitative estimate of drug-likeness (QED) is 0.839. The second-order valence-electron chi connectivity index (χ2n) is 5.96. The molecule has 5 nitrogen and oxygen atoms in total. The maximum atomic E-state index is 12.7. The number of hydrogen-bond donors (Lipinski definition) is 1. The van der Waals surface area contributed by atoms with Gasteiger partial charge in [-0.1, -0.05) is 11.6 Å². The van der Waals surface area contributed by atoms with Gasteiger partial charge in [0.05, 0.1) is 22.0 Å². The molecular formula is C17H19ClN2O3S2. The average molecular weight is 399 g/mol. The Morgan fingerprint density at radius 1 is 1.28 bits per heavy atom. The van der Waals surface area contributed by atoms with E-state index in [4.69, 9.17) is 11.6 Å². The van der Waals surface area contributed by atoms with Gasteiger partial charge in [0.1, 0.15) is 0 Å². The highest BCUT2D eigenvalue weighted by Crippen LogP contribution is 2.25. The Hall–Kier alpha value is -1.41. The van der Waals surface area contributed by atoms with Gasteiger partial charge < -0.3 is 5.32 Å². The Kier molecular flexibility index (Phi) is 5.48. The lowest BCUT2D eigenvalue weighted by atomic mass is 10.2. The van der Waals surface area contributed by atoms with Gasteiger partial charge in [0.25, 0.3) is 5.91 Å². The number of rotatable bonds is 5. The lowest BCUT2D eigenvalue weighted by molar-refractivity contribution is 0.0951. The molecule has 0 aliphatic carbocycles. The smallest absolute Gasteiger partial charge is 0.253 e. The number of halogens is 1. The summed E-state index contributed by atoms with van der Waals surface area (Å²) in [6.45, 7) is 3.41. The van der Waals surface area contributed by atoms with Crippen LogP contribution in [0.5, 0.6) is 0 Å². The fourth-order valence-corrected chi connectivity index (χ4v) is 5.35. The van der Waals surface area contributed by atoms with Crippen molar-refractivity contribution in [2.75, 3.05) is 13.1 Å². The Labute approximate surface area is 156 Å². The fraction of sp³-hybridized carbons (Fsp3) is 0.353. The van der Waals surface area contributed by atoms with E-state index in [1.54, 1.807) is 11.3 Å². The zero-order valence-corrected chi connectivity index (χ0v) is 16.2. The molecule has 0 atom stereocenters. The summed E-state index contributed by atoms with van der Waals surface area (Å²) in [6.07, 6.45) is 1.72. The third-order valence-electron chi connectivity index (χ3n) is 4.26. The largest absolute Gasteiger partial charge is 0.347 e. The first-order valence-corrected chi connectivity index (χ1v) is 10.7. The number of carbonyl (C=O) groups is 1. The van der Waals surface area contributed by atoms with E-state index in [0.717, 1.165) is 23.3 Å². The van der Waals surface area contributed by atoms with Gasteiger partial charge in [-0.05, 0) is 55.0 Å². The first-order valence-electron chi connectivity index (χ1n) is 8.00. The standard InChI is InChI=1S/C17H19ClN2O3S2/c1-12-6-9-24-16(12)11-19-17(21)14-10-13(4-5-15(14)18)25(22,23)20-7-2-3-8-20/h4-6,9-10H,2-3,7-8,11H2,1H3,(H,19,21). The summed E-state index contributed by atoms with van der Waals surface area (Å²) in [5, 5.41) is 5.01. The van der Waals surface area contributed by atoms with Gasteiger partial charge >= 0.3 is 0 Å². The molecular weight excluding hydrogens is 380 g/mol. The molecule has 1 aromatic heterocycles. The van der Waals surface area contributed by atoms with Crippen LogP contribution in [-0.4, -0.2) is 31.7 Å². The summed E-state index contributed by atoms with van der Waals surface area (Å²) in [5.41, 5.74) is 1.29. The van der Waals surface area contributed by atoms with Crippen LogP contribution in [0.4, 0.5) is 0 Å². The molecule has 0 saturated carbocycles. The van der Waals surface area contributed by atoms with Gasteiger partial charge in [-0.15, -0.1) is 11.3 Å². The highest BCUT2D eigenvalue weighted by molar-refractivity contribution is 7.89. The van der Waals surface area contributed by atoms with E-state index in [9.17, 15) is 13.2 Å². The van der Waals surface area contributed by atoms with E-state index in [1.165, 1.54) is 22.5 Å². The number of aryl methyl sites for hydroxylation is 1. The minimum Gasteiger partial charge on any atom is -0.347 e. The second-order valence-corrected chi connectivity index (χ2v) is 9.31. The van der Waals surface area contributed by atoms with E-state index in [-0.39, 0.29) is 21.4 Å². The topological polar surface area (TPSA) is 66.5 Å². The molecule has 1 aliphatic rings. The molecule has 1 N–H and O–H groups in total. The zero-order valence-electron chi connectivity index (χ0n) is 13.8. The number of sulfonamides is 1. The highest BCUT2D eigenvalue weighted by Gasteiger charge is 2.28. The van der Waals surface area contributed by atoms with Crippen LogP contribution in [0.2, 0.25) is 5.02 Å². The van der Waals surface area contributed by atoms with Crippen LogP contribution in [0.15, 0.2) is 34.5 Å². The van der Waals surface area contributed by atoms with Crippen molar-refractivity contribution in [2.24, 2.45) is 0 Å². The predicted molar refractivity (Wildman–Crippen MR) is 99.7 cm³/mol. The average Bonchev–Trinajstić information content (AvgIpc) is 3.25. The van der Waals surface area contributed by atoms with Crippen molar-refractivity contribution in [2.45, 2.75) is 31.2 Å². The van der Waals surface area contributed by atoms with Gasteiger partial charge in [0.15, 0.2) is 0 Å². The zero-order chi connectivity index (χ0) is 18.0. The van der Waals surface area contributed by atoms with Gasteiger partial charge in [-0.25, -0.2) is 8.42 Å². The molecule has 8 heteroatoms. The molecule has 1 saturated heterocycles. The van der Waals surface area contributed by atoms with Crippen LogP contribution in [0.1, 0.15) is 33.6 Å². The van der Waals surface area contributed by atoms with Gasteiger partial charge in [-0.2, -0.15) is 4.31 Å². The molecule has 0 unspecified atom stereocenters. The molecule has 0 spiro atoms. The number of nitrogens with zero attached hydrogens (tertiary/aromatic N) is 1. The van der Waals surface area contributed by atoms with Crippen LogP contribution in [0.25, 0.3) is 0 Å². The first-order chi connectivity index (χ1) is 11.9. The molecule has 1 fully saturated rings. The minimum absolute atomic E-state index is 0.108. The third kappa shape index (κ3) is 3.89. The number of amides is 1. The highest BCUT2D eigenvalue weighted by atomic mass is 35.5. The molecule has 2 heterocycles. The summed E-state index contributed by atoms with van der Waals surface area (Å²) in [5.74, 6) is -0.378. The summed E-state index contributed by atoms with van der Waals surface area (Å²) in [4.78, 5) is 13.6. The van der Waals surface area contributed by atoms with E-state index in [1.807, 2.05) is 18.4 Å². The minimum atomic E-state index is -3.58. The van der Waals surface area contributed by atoms with Gasteiger partial charge in [0.2, 0.25) is 10.0 Å².